The lowest BCUT2D eigenvalue weighted by molar-refractivity contribution is -0.140. The van der Waals surface area contributed by atoms with Crippen LogP contribution in [0.15, 0.2) is 65.8 Å². The fourth-order valence-electron chi connectivity index (χ4n) is 5.78. The minimum atomic E-state index is -0.360. The maximum atomic E-state index is 13.6. The Morgan fingerprint density at radius 2 is 1.60 bits per heavy atom. The molecule has 43 heavy (non-hydrogen) atoms. The minimum Gasteiger partial charge on any atom is -0.493 e. The third-order valence-electron chi connectivity index (χ3n) is 8.17. The van der Waals surface area contributed by atoms with E-state index in [1.54, 1.807) is 12.1 Å². The lowest BCUT2D eigenvalue weighted by Gasteiger charge is -2.28. The Labute approximate surface area is 251 Å². The van der Waals surface area contributed by atoms with Gasteiger partial charge in [-0.25, -0.2) is 9.18 Å². The van der Waals surface area contributed by atoms with Crippen molar-refractivity contribution in [2.75, 3.05) is 31.2 Å². The number of amides is 1. The number of halogens is 1. The number of ether oxygens (including phenoxy) is 2. The highest BCUT2D eigenvalue weighted by Crippen LogP contribution is 2.41. The van der Waals surface area contributed by atoms with E-state index in [2.05, 4.69) is 17.4 Å². The molecule has 9 heteroatoms. The van der Waals surface area contributed by atoms with Crippen LogP contribution in [-0.2, 0) is 21.0 Å². The molecule has 0 aromatic heterocycles. The van der Waals surface area contributed by atoms with Crippen LogP contribution >= 0.6 is 0 Å². The standard InChI is InChI=1S/C34H38FN3O5/c1-4-34(20-31(39)38(22-34)27-13-9-24(10-14-27)28-19-32(40)43-37-28)15-16-36-21-23-17-29(41-5-2)33(30(18-23)42-6-3)25-7-11-26(35)12-8-25/h7-14,17-18,36H,4-6,15-16,19-22H2,1-3H3. The predicted molar refractivity (Wildman–Crippen MR) is 164 cm³/mol. The number of hydrogen-bond acceptors (Lipinski definition) is 7. The van der Waals surface area contributed by atoms with E-state index in [0.29, 0.717) is 49.9 Å². The van der Waals surface area contributed by atoms with Gasteiger partial charge in [-0.15, -0.1) is 0 Å². The fraction of sp³-hybridized carbons (Fsp3) is 0.382. The molecule has 2 aliphatic heterocycles. The summed E-state index contributed by atoms with van der Waals surface area (Å²) in [6, 6.07) is 17.9. The average Bonchev–Trinajstić information content (AvgIpc) is 3.59. The summed E-state index contributed by atoms with van der Waals surface area (Å²) in [7, 11) is 0. The molecule has 1 amide bonds. The van der Waals surface area contributed by atoms with Crippen molar-refractivity contribution in [1.29, 1.82) is 0 Å². The summed E-state index contributed by atoms with van der Waals surface area (Å²) in [4.78, 5) is 31.1. The van der Waals surface area contributed by atoms with Crippen molar-refractivity contribution < 1.29 is 28.3 Å². The van der Waals surface area contributed by atoms with E-state index in [1.165, 1.54) is 12.1 Å². The molecule has 0 saturated carbocycles. The monoisotopic (exact) mass is 587 g/mol. The van der Waals surface area contributed by atoms with Gasteiger partial charge in [0.15, 0.2) is 0 Å². The molecule has 5 rings (SSSR count). The normalized spacial score (nSPS) is 18.1. The van der Waals surface area contributed by atoms with Crippen LogP contribution in [0.2, 0.25) is 0 Å². The van der Waals surface area contributed by atoms with Crippen LogP contribution in [0.3, 0.4) is 0 Å². The molecule has 0 bridgehead atoms. The first kappa shape index (κ1) is 30.2. The van der Waals surface area contributed by atoms with E-state index in [4.69, 9.17) is 14.3 Å². The molecule has 2 heterocycles. The van der Waals surface area contributed by atoms with Gasteiger partial charge >= 0.3 is 5.97 Å². The molecule has 3 aromatic rings. The lowest BCUT2D eigenvalue weighted by atomic mass is 9.81. The minimum absolute atomic E-state index is 0.116. The summed E-state index contributed by atoms with van der Waals surface area (Å²) in [5.74, 6) is 0.861. The molecule has 1 unspecified atom stereocenters. The van der Waals surface area contributed by atoms with Crippen LogP contribution in [0.4, 0.5) is 10.1 Å². The molecule has 1 saturated heterocycles. The van der Waals surface area contributed by atoms with Gasteiger partial charge < -0.3 is 24.5 Å². The fourth-order valence-corrected chi connectivity index (χ4v) is 5.78. The molecule has 1 N–H and O–H groups in total. The molecule has 0 radical (unpaired) electrons. The van der Waals surface area contributed by atoms with Crippen LogP contribution in [0.5, 0.6) is 11.5 Å². The van der Waals surface area contributed by atoms with Crippen molar-refractivity contribution in [3.63, 3.8) is 0 Å². The second-order valence-electron chi connectivity index (χ2n) is 11.0. The first-order valence-electron chi connectivity index (χ1n) is 14.9. The van der Waals surface area contributed by atoms with Crippen molar-refractivity contribution in [3.05, 3.63) is 77.6 Å². The number of hydrogen-bond donors (Lipinski definition) is 1. The SMILES string of the molecule is CCOc1cc(CNCCC2(CC)CC(=O)N(c3ccc(C4=NOC(=O)C4)cc3)C2)cc(OCC)c1-c1ccc(F)cc1. The molecule has 3 aromatic carbocycles. The maximum Gasteiger partial charge on any atom is 0.341 e. The summed E-state index contributed by atoms with van der Waals surface area (Å²) in [5.41, 5.74) is 4.80. The zero-order valence-electron chi connectivity index (χ0n) is 25.0. The van der Waals surface area contributed by atoms with Gasteiger partial charge in [-0.2, -0.15) is 0 Å². The topological polar surface area (TPSA) is 89.5 Å². The Balaban J connectivity index is 1.23. The van der Waals surface area contributed by atoms with Crippen molar-refractivity contribution in [2.45, 2.75) is 53.0 Å². The molecule has 226 valence electrons. The van der Waals surface area contributed by atoms with Gasteiger partial charge in [0.05, 0.1) is 30.9 Å². The molecular formula is C34H38FN3O5. The smallest absolute Gasteiger partial charge is 0.341 e. The maximum absolute atomic E-state index is 13.6. The molecular weight excluding hydrogens is 549 g/mol. The van der Waals surface area contributed by atoms with Gasteiger partial charge in [0.2, 0.25) is 5.91 Å². The van der Waals surface area contributed by atoms with Crippen molar-refractivity contribution in [1.82, 2.24) is 5.32 Å². The third kappa shape index (κ3) is 6.88. The van der Waals surface area contributed by atoms with Crippen molar-refractivity contribution >= 4 is 23.3 Å². The Hall–Kier alpha value is -4.24. The summed E-state index contributed by atoms with van der Waals surface area (Å²) in [6.07, 6.45) is 2.40. The van der Waals surface area contributed by atoms with Crippen molar-refractivity contribution in [2.24, 2.45) is 10.6 Å². The van der Waals surface area contributed by atoms with E-state index in [1.807, 2.05) is 55.1 Å². The number of anilines is 1. The molecule has 1 atom stereocenters. The van der Waals surface area contributed by atoms with Crippen LogP contribution in [-0.4, -0.2) is 43.9 Å². The quantitative estimate of drug-likeness (QED) is 0.188. The molecule has 1 fully saturated rings. The third-order valence-corrected chi connectivity index (χ3v) is 8.17. The second-order valence-corrected chi connectivity index (χ2v) is 11.0. The number of rotatable bonds is 13. The first-order valence-corrected chi connectivity index (χ1v) is 14.9. The van der Waals surface area contributed by atoms with Gasteiger partial charge in [0, 0.05) is 30.8 Å². The van der Waals surface area contributed by atoms with Crippen LogP contribution < -0.4 is 19.7 Å². The zero-order chi connectivity index (χ0) is 30.4. The Morgan fingerprint density at radius 1 is 0.953 bits per heavy atom. The first-order chi connectivity index (χ1) is 20.8. The highest BCUT2D eigenvalue weighted by Gasteiger charge is 2.42. The summed E-state index contributed by atoms with van der Waals surface area (Å²) >= 11 is 0. The molecule has 2 aliphatic rings. The number of nitrogens with zero attached hydrogens (tertiary/aromatic N) is 2. The van der Waals surface area contributed by atoms with E-state index in [0.717, 1.165) is 47.3 Å². The highest BCUT2D eigenvalue weighted by atomic mass is 19.1. The van der Waals surface area contributed by atoms with Gasteiger partial charge in [-0.1, -0.05) is 36.3 Å². The number of nitrogens with one attached hydrogen (secondary N) is 1. The molecule has 8 nitrogen and oxygen atoms in total. The van der Waals surface area contributed by atoms with E-state index < -0.39 is 0 Å². The number of oxime groups is 1. The van der Waals surface area contributed by atoms with Gasteiger partial charge in [-0.05, 0) is 86.2 Å². The predicted octanol–water partition coefficient (Wildman–Crippen LogP) is 6.25. The second kappa shape index (κ2) is 13.4. The lowest BCUT2D eigenvalue weighted by Crippen LogP contribution is -2.31. The van der Waals surface area contributed by atoms with Gasteiger partial charge in [-0.3, -0.25) is 4.79 Å². The average molecular weight is 588 g/mol. The van der Waals surface area contributed by atoms with Gasteiger partial charge in [0.25, 0.3) is 0 Å². The Bertz CT molecular complexity index is 1460. The van der Waals surface area contributed by atoms with E-state index in [9.17, 15) is 14.0 Å². The zero-order valence-corrected chi connectivity index (χ0v) is 25.0. The number of carbonyl (C=O) groups is 2. The Morgan fingerprint density at radius 3 is 2.19 bits per heavy atom. The van der Waals surface area contributed by atoms with E-state index >= 15 is 0 Å². The summed E-state index contributed by atoms with van der Waals surface area (Å²) in [6.45, 7) is 9.01. The number of benzene rings is 3. The van der Waals surface area contributed by atoms with Crippen LogP contribution in [0.1, 0.15) is 57.6 Å². The summed E-state index contributed by atoms with van der Waals surface area (Å²) in [5, 5.41) is 7.39. The Kier molecular flexibility index (Phi) is 9.40. The van der Waals surface area contributed by atoms with E-state index in [-0.39, 0.29) is 29.5 Å². The van der Waals surface area contributed by atoms with Gasteiger partial charge in [0.1, 0.15) is 17.3 Å². The number of carbonyl (C=O) groups excluding carboxylic acids is 2. The molecule has 0 aliphatic carbocycles. The molecule has 0 spiro atoms. The van der Waals surface area contributed by atoms with Crippen LogP contribution in [0.25, 0.3) is 11.1 Å². The van der Waals surface area contributed by atoms with Crippen molar-refractivity contribution in [3.8, 4) is 22.6 Å². The largest absolute Gasteiger partial charge is 0.493 e. The summed E-state index contributed by atoms with van der Waals surface area (Å²) < 4.78 is 25.6. The highest BCUT2D eigenvalue weighted by molar-refractivity contribution is 6.11. The van der Waals surface area contributed by atoms with Crippen LogP contribution in [0, 0.1) is 11.2 Å².